The first-order valence-electron chi connectivity index (χ1n) is 11.7. The van der Waals surface area contributed by atoms with Crippen molar-refractivity contribution >= 4 is 23.5 Å². The first-order chi connectivity index (χ1) is 14.9. The zero-order chi connectivity index (χ0) is 22.0. The summed E-state index contributed by atoms with van der Waals surface area (Å²) < 4.78 is 0. The second-order valence-electron chi connectivity index (χ2n) is 9.16. The third-order valence-corrected chi connectivity index (χ3v) is 6.87. The van der Waals surface area contributed by atoms with Crippen LogP contribution < -0.4 is 10.2 Å². The summed E-state index contributed by atoms with van der Waals surface area (Å²) in [6.07, 6.45) is 9.19. The van der Waals surface area contributed by atoms with Crippen LogP contribution in [0, 0.1) is 12.8 Å². The number of nitrogens with zero attached hydrogens (tertiary/aromatic N) is 4. The number of nitrogens with one attached hydrogen (secondary N) is 1. The van der Waals surface area contributed by atoms with Gasteiger partial charge in [-0.3, -0.25) is 19.3 Å². The molecule has 2 fully saturated rings. The highest BCUT2D eigenvalue weighted by Gasteiger charge is 2.36. The fourth-order valence-corrected chi connectivity index (χ4v) is 5.16. The number of carbonyl (C=O) groups is 3. The van der Waals surface area contributed by atoms with Gasteiger partial charge in [-0.05, 0) is 44.9 Å². The molecular weight excluding hydrogens is 394 g/mol. The standard InChI is InChI=1S/C23H33N5O3/c1-15-18-12-20(30)28(14-17-8-4-3-5-9-17)23(18)26-22(25-15)19-10-6-7-11-27(19)21(31)13-24-16(2)29/h17,19H,3-14H2,1-2H3,(H,24,29)/t19-/m1/s1. The van der Waals surface area contributed by atoms with Crippen molar-refractivity contribution < 1.29 is 14.4 Å². The van der Waals surface area contributed by atoms with Gasteiger partial charge in [-0.1, -0.05) is 19.3 Å². The molecule has 1 saturated heterocycles. The second-order valence-corrected chi connectivity index (χ2v) is 9.16. The zero-order valence-electron chi connectivity index (χ0n) is 18.7. The fourth-order valence-electron chi connectivity index (χ4n) is 5.16. The molecule has 0 unspecified atom stereocenters. The highest BCUT2D eigenvalue weighted by molar-refractivity contribution is 6.00. The Kier molecular flexibility index (Phi) is 6.53. The number of aryl methyl sites for hydroxylation is 1. The van der Waals surface area contributed by atoms with E-state index in [1.54, 1.807) is 4.90 Å². The summed E-state index contributed by atoms with van der Waals surface area (Å²) in [4.78, 5) is 50.1. The van der Waals surface area contributed by atoms with Crippen LogP contribution in [0.1, 0.15) is 81.4 Å². The van der Waals surface area contributed by atoms with Crippen molar-refractivity contribution in [2.75, 3.05) is 24.5 Å². The average molecular weight is 428 g/mol. The molecule has 1 aliphatic carbocycles. The van der Waals surface area contributed by atoms with Crippen LogP contribution in [0.15, 0.2) is 0 Å². The van der Waals surface area contributed by atoms with Gasteiger partial charge in [0, 0.05) is 31.3 Å². The number of aromatic nitrogens is 2. The monoisotopic (exact) mass is 427 g/mol. The molecule has 1 saturated carbocycles. The van der Waals surface area contributed by atoms with Gasteiger partial charge in [-0.25, -0.2) is 9.97 Å². The molecule has 3 heterocycles. The van der Waals surface area contributed by atoms with Crippen LogP contribution in [0.25, 0.3) is 0 Å². The van der Waals surface area contributed by atoms with E-state index in [4.69, 9.17) is 9.97 Å². The Morgan fingerprint density at radius 3 is 2.55 bits per heavy atom. The molecule has 0 bridgehead atoms. The van der Waals surface area contributed by atoms with Gasteiger partial charge in [-0.2, -0.15) is 0 Å². The minimum absolute atomic E-state index is 0.0119. The van der Waals surface area contributed by atoms with Crippen molar-refractivity contribution in [3.8, 4) is 0 Å². The maximum absolute atomic E-state index is 12.8. The number of amides is 3. The zero-order valence-corrected chi connectivity index (χ0v) is 18.7. The molecule has 1 N–H and O–H groups in total. The van der Waals surface area contributed by atoms with E-state index in [-0.39, 0.29) is 30.3 Å². The molecule has 0 aromatic carbocycles. The normalized spacial score (nSPS) is 21.9. The molecule has 8 nitrogen and oxygen atoms in total. The van der Waals surface area contributed by atoms with Crippen molar-refractivity contribution in [1.82, 2.24) is 20.2 Å². The van der Waals surface area contributed by atoms with Crippen molar-refractivity contribution in [2.45, 2.75) is 77.7 Å². The van der Waals surface area contributed by atoms with Crippen molar-refractivity contribution in [3.63, 3.8) is 0 Å². The predicted octanol–water partition coefficient (Wildman–Crippen LogP) is 2.44. The van der Waals surface area contributed by atoms with Gasteiger partial charge in [0.1, 0.15) is 5.82 Å². The first kappa shape index (κ1) is 21.7. The lowest BCUT2D eigenvalue weighted by Gasteiger charge is -2.35. The van der Waals surface area contributed by atoms with E-state index in [1.165, 1.54) is 39.0 Å². The van der Waals surface area contributed by atoms with Gasteiger partial charge in [0.25, 0.3) is 0 Å². The summed E-state index contributed by atoms with van der Waals surface area (Å²) in [5.74, 6) is 1.68. The number of piperidine rings is 1. The average Bonchev–Trinajstić information content (AvgIpc) is 3.08. The van der Waals surface area contributed by atoms with Crippen LogP contribution in [0.5, 0.6) is 0 Å². The first-order valence-corrected chi connectivity index (χ1v) is 11.7. The molecule has 2 aliphatic heterocycles. The molecule has 168 valence electrons. The lowest BCUT2D eigenvalue weighted by molar-refractivity contribution is -0.136. The van der Waals surface area contributed by atoms with Crippen LogP contribution in [-0.2, 0) is 20.8 Å². The van der Waals surface area contributed by atoms with Gasteiger partial charge in [-0.15, -0.1) is 0 Å². The minimum atomic E-state index is -0.219. The summed E-state index contributed by atoms with van der Waals surface area (Å²) in [7, 11) is 0. The number of rotatable bonds is 5. The highest BCUT2D eigenvalue weighted by atomic mass is 16.2. The maximum Gasteiger partial charge on any atom is 0.242 e. The Morgan fingerprint density at radius 2 is 1.81 bits per heavy atom. The Balaban J connectivity index is 1.59. The van der Waals surface area contributed by atoms with Crippen molar-refractivity contribution in [3.05, 3.63) is 17.1 Å². The van der Waals surface area contributed by atoms with E-state index in [0.717, 1.165) is 42.9 Å². The van der Waals surface area contributed by atoms with Crippen molar-refractivity contribution in [2.24, 2.45) is 5.92 Å². The second kappa shape index (κ2) is 9.32. The summed E-state index contributed by atoms with van der Waals surface area (Å²) in [6.45, 7) is 4.70. The number of hydrogen-bond donors (Lipinski definition) is 1. The molecule has 3 aliphatic rings. The molecule has 31 heavy (non-hydrogen) atoms. The number of likely N-dealkylation sites (tertiary alicyclic amines) is 1. The Morgan fingerprint density at radius 1 is 1.06 bits per heavy atom. The number of carbonyl (C=O) groups excluding carboxylic acids is 3. The summed E-state index contributed by atoms with van der Waals surface area (Å²) >= 11 is 0. The quantitative estimate of drug-likeness (QED) is 0.779. The van der Waals surface area contributed by atoms with Crippen LogP contribution in [0.3, 0.4) is 0 Å². The van der Waals surface area contributed by atoms with E-state index in [9.17, 15) is 14.4 Å². The smallest absolute Gasteiger partial charge is 0.242 e. The molecule has 4 rings (SSSR count). The largest absolute Gasteiger partial charge is 0.347 e. The van der Waals surface area contributed by atoms with E-state index in [0.29, 0.717) is 24.7 Å². The van der Waals surface area contributed by atoms with E-state index < -0.39 is 0 Å². The van der Waals surface area contributed by atoms with E-state index in [1.807, 2.05) is 11.8 Å². The molecule has 8 heteroatoms. The lowest BCUT2D eigenvalue weighted by atomic mass is 9.89. The summed E-state index contributed by atoms with van der Waals surface area (Å²) in [6, 6.07) is -0.216. The highest BCUT2D eigenvalue weighted by Crippen LogP contribution is 2.36. The number of hydrogen-bond acceptors (Lipinski definition) is 5. The molecule has 1 aromatic heterocycles. The third kappa shape index (κ3) is 4.72. The molecular formula is C23H33N5O3. The Labute approximate surface area is 183 Å². The fraction of sp³-hybridized carbons (Fsp3) is 0.696. The van der Waals surface area contributed by atoms with Gasteiger partial charge in [0.05, 0.1) is 19.0 Å². The Hall–Kier alpha value is -2.51. The van der Waals surface area contributed by atoms with Gasteiger partial charge >= 0.3 is 0 Å². The van der Waals surface area contributed by atoms with Gasteiger partial charge in [0.15, 0.2) is 5.82 Å². The maximum atomic E-state index is 12.8. The molecule has 1 aromatic rings. The summed E-state index contributed by atoms with van der Waals surface area (Å²) in [5, 5.41) is 2.60. The van der Waals surface area contributed by atoms with Crippen LogP contribution in [0.4, 0.5) is 5.82 Å². The molecule has 0 radical (unpaired) electrons. The lowest BCUT2D eigenvalue weighted by Crippen LogP contribution is -2.44. The van der Waals surface area contributed by atoms with Crippen molar-refractivity contribution in [1.29, 1.82) is 0 Å². The topological polar surface area (TPSA) is 95.5 Å². The van der Waals surface area contributed by atoms with E-state index in [2.05, 4.69) is 5.32 Å². The number of fused-ring (bicyclic) bond motifs is 1. The van der Waals surface area contributed by atoms with Crippen LogP contribution >= 0.6 is 0 Å². The van der Waals surface area contributed by atoms with Gasteiger partial charge < -0.3 is 10.2 Å². The predicted molar refractivity (Wildman–Crippen MR) is 116 cm³/mol. The Bertz CT molecular complexity index is 865. The van der Waals surface area contributed by atoms with Crippen LogP contribution in [0.2, 0.25) is 0 Å². The summed E-state index contributed by atoms with van der Waals surface area (Å²) in [5.41, 5.74) is 1.76. The third-order valence-electron chi connectivity index (χ3n) is 6.87. The number of anilines is 1. The SMILES string of the molecule is CC(=O)NCC(=O)N1CCCC[C@@H]1c1nc(C)c2c(n1)N(CC1CCCCC1)C(=O)C2. The minimum Gasteiger partial charge on any atom is -0.347 e. The molecule has 3 amide bonds. The van der Waals surface area contributed by atoms with E-state index >= 15 is 0 Å². The molecule has 0 spiro atoms. The van der Waals surface area contributed by atoms with Gasteiger partial charge in [0.2, 0.25) is 17.7 Å². The van der Waals surface area contributed by atoms with Crippen LogP contribution in [-0.4, -0.2) is 52.2 Å². The molecule has 1 atom stereocenters.